The standard InChI is InChI=1S/C24H23NO2/c1-16-12-13-17(2)22(14-16)25-24(27)18(3)20-10-7-11-21(15-20)23(26)19-8-5-4-6-9-19/h4-15,18H,1-3H3,(H,25,27)/t18-/m0/s1. The van der Waals surface area contributed by atoms with Crippen LogP contribution < -0.4 is 5.32 Å². The molecular weight excluding hydrogens is 334 g/mol. The minimum atomic E-state index is -0.367. The van der Waals surface area contributed by atoms with Crippen molar-refractivity contribution in [3.05, 3.63) is 101 Å². The van der Waals surface area contributed by atoms with Crippen LogP contribution in [0.2, 0.25) is 0 Å². The van der Waals surface area contributed by atoms with Crippen LogP contribution in [0.25, 0.3) is 0 Å². The van der Waals surface area contributed by atoms with E-state index in [1.54, 1.807) is 18.2 Å². The molecule has 136 valence electrons. The van der Waals surface area contributed by atoms with Crippen LogP contribution in [0.4, 0.5) is 5.69 Å². The van der Waals surface area contributed by atoms with Crippen molar-refractivity contribution in [2.75, 3.05) is 5.32 Å². The Morgan fingerprint density at radius 2 is 1.52 bits per heavy atom. The third-order valence-electron chi connectivity index (χ3n) is 4.73. The largest absolute Gasteiger partial charge is 0.325 e. The van der Waals surface area contributed by atoms with E-state index in [-0.39, 0.29) is 17.6 Å². The third kappa shape index (κ3) is 4.32. The maximum atomic E-state index is 12.7. The molecule has 0 unspecified atom stereocenters. The number of ketones is 1. The number of hydrogen-bond acceptors (Lipinski definition) is 2. The van der Waals surface area contributed by atoms with Gasteiger partial charge in [0.2, 0.25) is 5.91 Å². The summed E-state index contributed by atoms with van der Waals surface area (Å²) in [6, 6.07) is 22.5. The minimum absolute atomic E-state index is 0.0420. The molecule has 3 aromatic rings. The lowest BCUT2D eigenvalue weighted by atomic mass is 9.95. The molecule has 27 heavy (non-hydrogen) atoms. The molecule has 3 heteroatoms. The summed E-state index contributed by atoms with van der Waals surface area (Å²) in [4.78, 5) is 25.4. The summed E-state index contributed by atoms with van der Waals surface area (Å²) < 4.78 is 0. The van der Waals surface area contributed by atoms with E-state index in [4.69, 9.17) is 0 Å². The number of amides is 1. The highest BCUT2D eigenvalue weighted by molar-refractivity contribution is 6.09. The number of hydrogen-bond donors (Lipinski definition) is 1. The Hall–Kier alpha value is -3.20. The van der Waals surface area contributed by atoms with Gasteiger partial charge in [-0.1, -0.05) is 60.7 Å². The Morgan fingerprint density at radius 1 is 0.815 bits per heavy atom. The minimum Gasteiger partial charge on any atom is -0.325 e. The van der Waals surface area contributed by atoms with Gasteiger partial charge >= 0.3 is 0 Å². The molecule has 0 aliphatic carbocycles. The van der Waals surface area contributed by atoms with Gasteiger partial charge in [-0.15, -0.1) is 0 Å². The van der Waals surface area contributed by atoms with E-state index >= 15 is 0 Å². The normalized spacial score (nSPS) is 11.7. The molecule has 1 N–H and O–H groups in total. The molecule has 0 saturated carbocycles. The Bertz CT molecular complexity index is 977. The van der Waals surface area contributed by atoms with Gasteiger partial charge in [-0.05, 0) is 49.6 Å². The molecule has 0 aromatic heterocycles. The SMILES string of the molecule is Cc1ccc(C)c(NC(=O)[C@@H](C)c2cccc(C(=O)c3ccccc3)c2)c1. The number of carbonyl (C=O) groups excluding carboxylic acids is 2. The number of nitrogens with one attached hydrogen (secondary N) is 1. The number of rotatable bonds is 5. The van der Waals surface area contributed by atoms with Crippen LogP contribution in [0.15, 0.2) is 72.8 Å². The van der Waals surface area contributed by atoms with Crippen LogP contribution >= 0.6 is 0 Å². The molecule has 0 aliphatic heterocycles. The van der Waals surface area contributed by atoms with Crippen LogP contribution in [0.1, 0.15) is 45.5 Å². The zero-order valence-electron chi connectivity index (χ0n) is 15.8. The number of benzene rings is 3. The van der Waals surface area contributed by atoms with E-state index in [0.29, 0.717) is 11.1 Å². The van der Waals surface area contributed by atoms with Crippen molar-refractivity contribution in [2.24, 2.45) is 0 Å². The van der Waals surface area contributed by atoms with Gasteiger partial charge in [-0.2, -0.15) is 0 Å². The van der Waals surface area contributed by atoms with Crippen LogP contribution in [-0.2, 0) is 4.79 Å². The van der Waals surface area contributed by atoms with Gasteiger partial charge in [0, 0.05) is 16.8 Å². The van der Waals surface area contributed by atoms with Crippen molar-refractivity contribution < 1.29 is 9.59 Å². The van der Waals surface area contributed by atoms with Crippen LogP contribution in [-0.4, -0.2) is 11.7 Å². The zero-order chi connectivity index (χ0) is 19.4. The summed E-state index contributed by atoms with van der Waals surface area (Å²) in [5, 5.41) is 3.01. The molecule has 0 spiro atoms. The Kier molecular flexibility index (Phi) is 5.51. The predicted molar refractivity (Wildman–Crippen MR) is 109 cm³/mol. The molecule has 0 bridgehead atoms. The highest BCUT2D eigenvalue weighted by atomic mass is 16.2. The van der Waals surface area contributed by atoms with Gasteiger partial charge in [-0.25, -0.2) is 0 Å². The lowest BCUT2D eigenvalue weighted by Gasteiger charge is -2.15. The van der Waals surface area contributed by atoms with Crippen molar-refractivity contribution in [3.8, 4) is 0 Å². The van der Waals surface area contributed by atoms with Gasteiger partial charge < -0.3 is 5.32 Å². The molecule has 3 nitrogen and oxygen atoms in total. The lowest BCUT2D eigenvalue weighted by Crippen LogP contribution is -2.19. The maximum absolute atomic E-state index is 12.7. The van der Waals surface area contributed by atoms with Crippen LogP contribution in [0.5, 0.6) is 0 Å². The summed E-state index contributed by atoms with van der Waals surface area (Å²) in [6.07, 6.45) is 0. The van der Waals surface area contributed by atoms with E-state index in [1.807, 2.05) is 75.4 Å². The van der Waals surface area contributed by atoms with Crippen LogP contribution in [0.3, 0.4) is 0 Å². The fraction of sp³-hybridized carbons (Fsp3) is 0.167. The highest BCUT2D eigenvalue weighted by Gasteiger charge is 2.18. The maximum Gasteiger partial charge on any atom is 0.231 e. The van der Waals surface area contributed by atoms with Gasteiger partial charge in [-0.3, -0.25) is 9.59 Å². The second-order valence-electron chi connectivity index (χ2n) is 6.85. The van der Waals surface area contributed by atoms with Crippen molar-refractivity contribution in [1.29, 1.82) is 0 Å². The van der Waals surface area contributed by atoms with E-state index < -0.39 is 0 Å². The van der Waals surface area contributed by atoms with Crippen molar-refractivity contribution >= 4 is 17.4 Å². The smallest absolute Gasteiger partial charge is 0.231 e. The Balaban J connectivity index is 1.80. The first-order valence-electron chi connectivity index (χ1n) is 9.03. The van der Waals surface area contributed by atoms with E-state index in [0.717, 1.165) is 22.4 Å². The average molecular weight is 357 g/mol. The monoisotopic (exact) mass is 357 g/mol. The van der Waals surface area contributed by atoms with Crippen molar-refractivity contribution in [2.45, 2.75) is 26.7 Å². The van der Waals surface area contributed by atoms with E-state index in [1.165, 1.54) is 0 Å². The summed E-state index contributed by atoms with van der Waals surface area (Å²) >= 11 is 0. The lowest BCUT2D eigenvalue weighted by molar-refractivity contribution is -0.117. The second kappa shape index (κ2) is 8.00. The molecule has 0 radical (unpaired) electrons. The van der Waals surface area contributed by atoms with Crippen molar-refractivity contribution in [1.82, 2.24) is 0 Å². The molecular formula is C24H23NO2. The zero-order valence-corrected chi connectivity index (χ0v) is 15.8. The van der Waals surface area contributed by atoms with Crippen LogP contribution in [0, 0.1) is 13.8 Å². The predicted octanol–water partition coefficient (Wildman–Crippen LogP) is 5.28. The number of carbonyl (C=O) groups is 2. The van der Waals surface area contributed by atoms with Gasteiger partial charge in [0.1, 0.15) is 0 Å². The Labute approximate surface area is 160 Å². The summed E-state index contributed by atoms with van der Waals surface area (Å²) in [5.74, 6) is -0.499. The quantitative estimate of drug-likeness (QED) is 0.632. The molecule has 3 rings (SSSR count). The summed E-state index contributed by atoms with van der Waals surface area (Å²) in [7, 11) is 0. The molecule has 1 amide bonds. The summed E-state index contributed by atoms with van der Waals surface area (Å²) in [5.41, 5.74) is 4.99. The molecule has 0 aliphatic rings. The summed E-state index contributed by atoms with van der Waals surface area (Å²) in [6.45, 7) is 5.82. The van der Waals surface area contributed by atoms with Gasteiger partial charge in [0.15, 0.2) is 5.78 Å². The Morgan fingerprint density at radius 3 is 2.26 bits per heavy atom. The first-order chi connectivity index (χ1) is 13.0. The van der Waals surface area contributed by atoms with E-state index in [2.05, 4.69) is 5.32 Å². The fourth-order valence-corrected chi connectivity index (χ4v) is 2.97. The first kappa shape index (κ1) is 18.6. The van der Waals surface area contributed by atoms with E-state index in [9.17, 15) is 9.59 Å². The topological polar surface area (TPSA) is 46.2 Å². The second-order valence-corrected chi connectivity index (χ2v) is 6.85. The van der Waals surface area contributed by atoms with Gasteiger partial charge in [0.25, 0.3) is 0 Å². The van der Waals surface area contributed by atoms with Crippen molar-refractivity contribution in [3.63, 3.8) is 0 Å². The molecule has 0 saturated heterocycles. The molecule has 0 fully saturated rings. The molecule has 3 aromatic carbocycles. The number of aryl methyl sites for hydroxylation is 2. The highest BCUT2D eigenvalue weighted by Crippen LogP contribution is 2.22. The molecule has 0 heterocycles. The average Bonchev–Trinajstić information content (AvgIpc) is 2.70. The molecule has 1 atom stereocenters. The first-order valence-corrected chi connectivity index (χ1v) is 9.03. The fourth-order valence-electron chi connectivity index (χ4n) is 2.97. The van der Waals surface area contributed by atoms with Gasteiger partial charge in [0.05, 0.1) is 5.92 Å². The number of anilines is 1. The third-order valence-corrected chi connectivity index (χ3v) is 4.73.